The third-order valence-electron chi connectivity index (χ3n) is 5.38. The van der Waals surface area contributed by atoms with Crippen molar-refractivity contribution < 1.29 is 18.0 Å². The van der Waals surface area contributed by atoms with Gasteiger partial charge in [-0.2, -0.15) is 0 Å². The summed E-state index contributed by atoms with van der Waals surface area (Å²) in [7, 11) is -2.61. The minimum absolute atomic E-state index is 0.0423. The summed E-state index contributed by atoms with van der Waals surface area (Å²) in [5, 5.41) is 2.99. The largest absolute Gasteiger partial charge is 0.357 e. The number of likely N-dealkylation sites (N-methyl/N-ethyl adjacent to an activating group) is 1. The molecule has 0 spiro atoms. The van der Waals surface area contributed by atoms with Crippen molar-refractivity contribution in [1.82, 2.24) is 10.2 Å². The number of hydrogen-bond donors (Lipinski definition) is 1. The first-order valence-corrected chi connectivity index (χ1v) is 13.3. The van der Waals surface area contributed by atoms with Gasteiger partial charge >= 0.3 is 0 Å². The van der Waals surface area contributed by atoms with Gasteiger partial charge < -0.3 is 10.2 Å². The Hall–Kier alpha value is -2.88. The van der Waals surface area contributed by atoms with Gasteiger partial charge in [0.05, 0.1) is 10.6 Å². The number of amides is 2. The van der Waals surface area contributed by atoms with Gasteiger partial charge in [-0.3, -0.25) is 13.9 Å². The molecule has 0 aromatic heterocycles. The maximum absolute atomic E-state index is 13.6. The molecule has 0 heterocycles. The van der Waals surface area contributed by atoms with Gasteiger partial charge in [-0.25, -0.2) is 8.42 Å². The molecule has 0 radical (unpaired) electrons. The van der Waals surface area contributed by atoms with Gasteiger partial charge in [-0.05, 0) is 61.0 Å². The fourth-order valence-corrected chi connectivity index (χ4v) is 5.49. The molecule has 1 N–H and O–H groups in total. The topological polar surface area (TPSA) is 86.8 Å². The summed E-state index contributed by atoms with van der Waals surface area (Å²) in [6, 6.07) is 20.6. The van der Waals surface area contributed by atoms with E-state index < -0.39 is 28.5 Å². The molecule has 0 aliphatic rings. The Bertz CT molecular complexity index is 1290. The van der Waals surface area contributed by atoms with Gasteiger partial charge in [0, 0.05) is 23.1 Å². The highest BCUT2D eigenvalue weighted by Crippen LogP contribution is 2.26. The number of sulfonamides is 1. The van der Waals surface area contributed by atoms with Gasteiger partial charge in [-0.1, -0.05) is 57.9 Å². The molecule has 10 heteroatoms. The minimum Gasteiger partial charge on any atom is -0.357 e. The SMILES string of the molecule is CNC(=O)C(C)N(Cc1cccc(Br)c1)C(=O)CN(c1ccc(Cl)cc1)S(=O)(=O)c1ccccc1. The molecular weight excluding hydrogens is 554 g/mol. The summed E-state index contributed by atoms with van der Waals surface area (Å²) in [5.41, 5.74) is 1.06. The number of nitrogens with one attached hydrogen (secondary N) is 1. The minimum atomic E-state index is -4.09. The molecule has 1 atom stereocenters. The van der Waals surface area contributed by atoms with Crippen LogP contribution >= 0.6 is 27.5 Å². The molecular formula is C25H25BrClN3O4S. The highest BCUT2D eigenvalue weighted by Gasteiger charge is 2.32. The van der Waals surface area contributed by atoms with Crippen molar-refractivity contribution in [1.29, 1.82) is 0 Å². The molecule has 0 saturated heterocycles. The zero-order chi connectivity index (χ0) is 25.6. The Kier molecular flexibility index (Phi) is 8.93. The van der Waals surface area contributed by atoms with E-state index in [1.165, 1.54) is 36.2 Å². The number of carbonyl (C=O) groups excluding carboxylic acids is 2. The highest BCUT2D eigenvalue weighted by atomic mass is 79.9. The van der Waals surface area contributed by atoms with Crippen LogP contribution in [0, 0.1) is 0 Å². The molecule has 0 saturated carbocycles. The first kappa shape index (κ1) is 26.7. The van der Waals surface area contributed by atoms with Crippen LogP contribution < -0.4 is 9.62 Å². The van der Waals surface area contributed by atoms with Gasteiger partial charge in [0.2, 0.25) is 11.8 Å². The molecule has 184 valence electrons. The number of carbonyl (C=O) groups is 2. The van der Waals surface area contributed by atoms with Gasteiger partial charge in [0.1, 0.15) is 12.6 Å². The van der Waals surface area contributed by atoms with Gasteiger partial charge in [0.25, 0.3) is 10.0 Å². The second-order valence-electron chi connectivity index (χ2n) is 7.74. The average Bonchev–Trinajstić information content (AvgIpc) is 2.86. The van der Waals surface area contributed by atoms with Crippen molar-refractivity contribution in [3.63, 3.8) is 0 Å². The Morgan fingerprint density at radius 3 is 2.26 bits per heavy atom. The smallest absolute Gasteiger partial charge is 0.264 e. The van der Waals surface area contributed by atoms with Crippen LogP contribution in [0.15, 0.2) is 88.2 Å². The number of benzene rings is 3. The molecule has 3 aromatic carbocycles. The van der Waals surface area contributed by atoms with Crippen LogP contribution in [0.1, 0.15) is 12.5 Å². The molecule has 0 bridgehead atoms. The summed E-state index contributed by atoms with van der Waals surface area (Å²) in [6.45, 7) is 1.22. The summed E-state index contributed by atoms with van der Waals surface area (Å²) < 4.78 is 29.0. The van der Waals surface area contributed by atoms with E-state index in [0.29, 0.717) is 5.02 Å². The lowest BCUT2D eigenvalue weighted by molar-refractivity contribution is -0.139. The van der Waals surface area contributed by atoms with Crippen LogP contribution in [-0.4, -0.2) is 44.8 Å². The van der Waals surface area contributed by atoms with E-state index in [2.05, 4.69) is 21.2 Å². The second-order valence-corrected chi connectivity index (χ2v) is 11.0. The summed E-state index contributed by atoms with van der Waals surface area (Å²) in [6.07, 6.45) is 0. The quantitative estimate of drug-likeness (QED) is 0.406. The molecule has 7 nitrogen and oxygen atoms in total. The van der Waals surface area contributed by atoms with Crippen LogP contribution in [0.25, 0.3) is 0 Å². The maximum Gasteiger partial charge on any atom is 0.264 e. The van der Waals surface area contributed by atoms with E-state index in [0.717, 1.165) is 14.3 Å². The van der Waals surface area contributed by atoms with Crippen molar-refractivity contribution in [2.75, 3.05) is 17.9 Å². The third-order valence-corrected chi connectivity index (χ3v) is 7.91. The fourth-order valence-electron chi connectivity index (χ4n) is 3.48. The van der Waals surface area contributed by atoms with E-state index in [9.17, 15) is 18.0 Å². The lowest BCUT2D eigenvalue weighted by Crippen LogP contribution is -2.50. The number of hydrogen-bond acceptors (Lipinski definition) is 4. The van der Waals surface area contributed by atoms with E-state index in [1.807, 2.05) is 24.3 Å². The number of nitrogens with zero attached hydrogens (tertiary/aromatic N) is 2. The molecule has 0 aliphatic carbocycles. The fraction of sp³-hybridized carbons (Fsp3) is 0.200. The van der Waals surface area contributed by atoms with Crippen LogP contribution in [-0.2, 0) is 26.2 Å². The molecule has 1 unspecified atom stereocenters. The van der Waals surface area contributed by atoms with Crippen molar-refractivity contribution in [2.24, 2.45) is 0 Å². The van der Waals surface area contributed by atoms with Crippen molar-refractivity contribution in [3.8, 4) is 0 Å². The zero-order valence-electron chi connectivity index (χ0n) is 19.2. The number of rotatable bonds is 9. The predicted octanol–water partition coefficient (Wildman–Crippen LogP) is 4.46. The summed E-state index contributed by atoms with van der Waals surface area (Å²) in [4.78, 5) is 27.5. The highest BCUT2D eigenvalue weighted by molar-refractivity contribution is 9.10. The van der Waals surface area contributed by atoms with E-state index >= 15 is 0 Å². The maximum atomic E-state index is 13.6. The van der Waals surface area contributed by atoms with Gasteiger partial charge in [0.15, 0.2) is 0 Å². The lowest BCUT2D eigenvalue weighted by atomic mass is 10.1. The Labute approximate surface area is 218 Å². The van der Waals surface area contributed by atoms with E-state index in [1.54, 1.807) is 37.3 Å². The first-order valence-electron chi connectivity index (χ1n) is 10.7. The van der Waals surface area contributed by atoms with Crippen LogP contribution in [0.5, 0.6) is 0 Å². The Morgan fingerprint density at radius 2 is 1.66 bits per heavy atom. The van der Waals surface area contributed by atoms with Crippen LogP contribution in [0.3, 0.4) is 0 Å². The first-order chi connectivity index (χ1) is 16.6. The van der Waals surface area contributed by atoms with Crippen molar-refractivity contribution >= 4 is 55.1 Å². The molecule has 35 heavy (non-hydrogen) atoms. The molecule has 2 amide bonds. The Balaban J connectivity index is 2.01. The number of halogens is 2. The third kappa shape index (κ3) is 6.62. The molecule has 0 aliphatic heterocycles. The van der Waals surface area contributed by atoms with Crippen molar-refractivity contribution in [2.45, 2.75) is 24.4 Å². The van der Waals surface area contributed by atoms with Crippen molar-refractivity contribution in [3.05, 3.63) is 93.9 Å². The predicted molar refractivity (Wildman–Crippen MR) is 141 cm³/mol. The standard InChI is InChI=1S/C25H25BrClN3O4S/c1-18(25(32)28-2)29(16-19-7-6-8-20(26)15-19)24(31)17-30(22-13-11-21(27)12-14-22)35(33,34)23-9-4-3-5-10-23/h3-15,18H,16-17H2,1-2H3,(H,28,32). The summed E-state index contributed by atoms with van der Waals surface area (Å²) in [5.74, 6) is -0.896. The normalized spacial score (nSPS) is 12.0. The lowest BCUT2D eigenvalue weighted by Gasteiger charge is -2.31. The van der Waals surface area contributed by atoms with E-state index in [4.69, 9.17) is 11.6 Å². The van der Waals surface area contributed by atoms with Crippen LogP contribution in [0.4, 0.5) is 5.69 Å². The summed E-state index contributed by atoms with van der Waals surface area (Å²) >= 11 is 9.42. The molecule has 3 rings (SSSR count). The van der Waals surface area contributed by atoms with E-state index in [-0.39, 0.29) is 23.0 Å². The number of anilines is 1. The molecule has 3 aromatic rings. The van der Waals surface area contributed by atoms with Crippen LogP contribution in [0.2, 0.25) is 5.02 Å². The Morgan fingerprint density at radius 1 is 1.00 bits per heavy atom. The average molecular weight is 579 g/mol. The van der Waals surface area contributed by atoms with Gasteiger partial charge in [-0.15, -0.1) is 0 Å². The zero-order valence-corrected chi connectivity index (χ0v) is 22.3. The monoisotopic (exact) mass is 577 g/mol. The second kappa shape index (κ2) is 11.7. The molecule has 0 fully saturated rings.